The topological polar surface area (TPSA) is 105 Å². The van der Waals surface area contributed by atoms with Crippen LogP contribution in [0.2, 0.25) is 0 Å². The van der Waals surface area contributed by atoms with Gasteiger partial charge in [-0.25, -0.2) is 18.6 Å². The number of aromatic nitrogens is 3. The summed E-state index contributed by atoms with van der Waals surface area (Å²) in [6.45, 7) is 4.14. The number of halogens is 1. The average Bonchev–Trinajstić information content (AvgIpc) is 3.20. The molecule has 1 aromatic carbocycles. The fraction of sp³-hybridized carbons (Fsp3) is 0.435. The van der Waals surface area contributed by atoms with Crippen molar-refractivity contribution in [2.24, 2.45) is 5.10 Å². The SMILES string of the molecule is COC1=NN(C(C)C)c2cc3cnc(Nc4ccc(S(=O)O)cc4F)nc3n2C12CCCCC2. The van der Waals surface area contributed by atoms with E-state index in [1.54, 1.807) is 13.3 Å². The molecule has 1 spiro atoms. The number of hydrogen-bond donors (Lipinski definition) is 2. The van der Waals surface area contributed by atoms with Gasteiger partial charge in [0.25, 0.3) is 0 Å². The highest BCUT2D eigenvalue weighted by Gasteiger charge is 2.47. The van der Waals surface area contributed by atoms with Gasteiger partial charge >= 0.3 is 0 Å². The molecular weight excluding hydrogens is 459 g/mol. The van der Waals surface area contributed by atoms with Crippen LogP contribution in [0.1, 0.15) is 46.0 Å². The number of anilines is 3. The summed E-state index contributed by atoms with van der Waals surface area (Å²) in [6.07, 6.45) is 6.78. The zero-order chi connectivity index (χ0) is 24.0. The molecule has 0 bridgehead atoms. The fourth-order valence-electron chi connectivity index (χ4n) is 4.98. The molecule has 11 heteroatoms. The summed E-state index contributed by atoms with van der Waals surface area (Å²) < 4.78 is 43.0. The highest BCUT2D eigenvalue weighted by molar-refractivity contribution is 7.79. The fourth-order valence-corrected chi connectivity index (χ4v) is 5.36. The van der Waals surface area contributed by atoms with Gasteiger partial charge in [0.15, 0.2) is 11.1 Å². The summed E-state index contributed by atoms with van der Waals surface area (Å²) in [4.78, 5) is 9.16. The Morgan fingerprint density at radius 2 is 2.00 bits per heavy atom. The van der Waals surface area contributed by atoms with Crippen molar-refractivity contribution in [2.45, 2.75) is 62.4 Å². The molecule has 1 aliphatic heterocycles. The van der Waals surface area contributed by atoms with E-state index in [0.29, 0.717) is 5.90 Å². The maximum Gasteiger partial charge on any atom is 0.232 e. The Kier molecular flexibility index (Phi) is 5.76. The zero-order valence-corrected chi connectivity index (χ0v) is 20.1. The van der Waals surface area contributed by atoms with Crippen LogP contribution in [0.15, 0.2) is 40.5 Å². The second-order valence-electron chi connectivity index (χ2n) is 8.97. The molecule has 0 amide bonds. The Hall–Kier alpha value is -3.05. The minimum Gasteiger partial charge on any atom is -0.481 e. The van der Waals surface area contributed by atoms with Gasteiger partial charge < -0.3 is 14.6 Å². The first kappa shape index (κ1) is 22.7. The minimum atomic E-state index is -2.26. The summed E-state index contributed by atoms with van der Waals surface area (Å²) >= 11 is -2.26. The number of rotatable bonds is 4. The van der Waals surface area contributed by atoms with Crippen LogP contribution in [0.5, 0.6) is 0 Å². The van der Waals surface area contributed by atoms with Crippen LogP contribution in [0, 0.1) is 5.82 Å². The Morgan fingerprint density at radius 3 is 2.65 bits per heavy atom. The van der Waals surface area contributed by atoms with Crippen molar-refractivity contribution >= 4 is 45.5 Å². The number of nitrogens with one attached hydrogen (secondary N) is 1. The number of fused-ring (bicyclic) bond motifs is 4. The predicted molar refractivity (Wildman–Crippen MR) is 129 cm³/mol. The van der Waals surface area contributed by atoms with Crippen molar-refractivity contribution in [3.8, 4) is 0 Å². The Labute approximate surface area is 199 Å². The molecule has 3 heterocycles. The molecule has 1 atom stereocenters. The van der Waals surface area contributed by atoms with E-state index in [2.05, 4.69) is 28.7 Å². The highest BCUT2D eigenvalue weighted by Crippen LogP contribution is 2.46. The molecule has 2 N–H and O–H groups in total. The lowest BCUT2D eigenvalue weighted by Crippen LogP contribution is -2.50. The highest BCUT2D eigenvalue weighted by atomic mass is 32.2. The van der Waals surface area contributed by atoms with Crippen LogP contribution in [0.25, 0.3) is 11.0 Å². The molecule has 5 rings (SSSR count). The summed E-state index contributed by atoms with van der Waals surface area (Å²) in [7, 11) is 1.66. The standard InChI is InChI=1S/C23H27FN6O3S/c1-14(2)30-19-11-15-13-25-22(26-18-8-7-16(34(31)32)12-17(18)24)27-20(15)29(19)23(21(28-30)33-3)9-5-4-6-10-23/h7-8,11-14H,4-6,9-10H2,1-3H3,(H,31,32)(H,25,26,27). The average molecular weight is 487 g/mol. The number of nitrogens with zero attached hydrogens (tertiary/aromatic N) is 5. The lowest BCUT2D eigenvalue weighted by atomic mass is 9.80. The Balaban J connectivity index is 1.63. The third-order valence-electron chi connectivity index (χ3n) is 6.53. The van der Waals surface area contributed by atoms with E-state index in [-0.39, 0.29) is 22.6 Å². The largest absolute Gasteiger partial charge is 0.481 e. The van der Waals surface area contributed by atoms with Crippen molar-refractivity contribution < 1.29 is 17.9 Å². The number of methoxy groups -OCH3 is 1. The van der Waals surface area contributed by atoms with Crippen LogP contribution in [0.3, 0.4) is 0 Å². The van der Waals surface area contributed by atoms with E-state index < -0.39 is 22.4 Å². The van der Waals surface area contributed by atoms with Gasteiger partial charge in [-0.1, -0.05) is 19.3 Å². The summed E-state index contributed by atoms with van der Waals surface area (Å²) in [5, 5.41) is 10.6. The molecule has 9 nitrogen and oxygen atoms in total. The first-order chi connectivity index (χ1) is 16.3. The van der Waals surface area contributed by atoms with Gasteiger partial charge in [-0.15, -0.1) is 5.10 Å². The Morgan fingerprint density at radius 1 is 1.24 bits per heavy atom. The molecule has 1 saturated carbocycles. The molecule has 0 radical (unpaired) electrons. The van der Waals surface area contributed by atoms with Crippen molar-refractivity contribution in [1.82, 2.24) is 14.5 Å². The number of hydrogen-bond acceptors (Lipinski definition) is 7. The molecular formula is C23H27FN6O3S. The Bertz CT molecular complexity index is 1300. The third-order valence-corrected chi connectivity index (χ3v) is 7.19. The van der Waals surface area contributed by atoms with Gasteiger partial charge in [0.1, 0.15) is 22.8 Å². The van der Waals surface area contributed by atoms with Gasteiger partial charge in [0, 0.05) is 17.6 Å². The number of ether oxygens (including phenoxy) is 1. The second-order valence-corrected chi connectivity index (χ2v) is 9.94. The first-order valence-electron chi connectivity index (χ1n) is 11.3. The van der Waals surface area contributed by atoms with E-state index in [1.165, 1.54) is 12.1 Å². The maximum atomic E-state index is 14.5. The van der Waals surface area contributed by atoms with Crippen molar-refractivity contribution in [3.63, 3.8) is 0 Å². The van der Waals surface area contributed by atoms with Crippen LogP contribution in [-0.2, 0) is 21.4 Å². The number of benzene rings is 1. The van der Waals surface area contributed by atoms with Gasteiger partial charge in [-0.3, -0.25) is 4.57 Å². The van der Waals surface area contributed by atoms with Crippen LogP contribution in [-0.4, -0.2) is 42.3 Å². The minimum absolute atomic E-state index is 0.0144. The zero-order valence-electron chi connectivity index (χ0n) is 19.3. The molecule has 0 saturated heterocycles. The van der Waals surface area contributed by atoms with Crippen LogP contribution >= 0.6 is 0 Å². The molecule has 1 fully saturated rings. The van der Waals surface area contributed by atoms with Crippen LogP contribution in [0.4, 0.5) is 21.8 Å². The number of hydrazone groups is 1. The van der Waals surface area contributed by atoms with E-state index in [1.807, 2.05) is 11.1 Å². The second kappa shape index (κ2) is 8.62. The van der Waals surface area contributed by atoms with Crippen molar-refractivity contribution in [2.75, 3.05) is 17.4 Å². The lowest BCUT2D eigenvalue weighted by molar-refractivity contribution is 0.219. The van der Waals surface area contributed by atoms with E-state index in [0.717, 1.165) is 55.0 Å². The van der Waals surface area contributed by atoms with Gasteiger partial charge in [0.2, 0.25) is 11.8 Å². The summed E-state index contributed by atoms with van der Waals surface area (Å²) in [6, 6.07) is 5.95. The van der Waals surface area contributed by atoms with Crippen LogP contribution < -0.4 is 10.3 Å². The van der Waals surface area contributed by atoms with E-state index >= 15 is 0 Å². The molecule has 1 unspecified atom stereocenters. The normalized spacial score (nSPS) is 18.2. The molecule has 34 heavy (non-hydrogen) atoms. The molecule has 2 aliphatic rings. The van der Waals surface area contributed by atoms with Gasteiger partial charge in [0.05, 0.1) is 17.7 Å². The van der Waals surface area contributed by atoms with Gasteiger partial charge in [-0.2, -0.15) is 4.98 Å². The first-order valence-corrected chi connectivity index (χ1v) is 12.4. The maximum absolute atomic E-state index is 14.5. The summed E-state index contributed by atoms with van der Waals surface area (Å²) in [5.74, 6) is 1.18. The summed E-state index contributed by atoms with van der Waals surface area (Å²) in [5.41, 5.74) is 0.409. The van der Waals surface area contributed by atoms with Crippen molar-refractivity contribution in [1.29, 1.82) is 0 Å². The molecule has 2 aromatic heterocycles. The molecule has 1 aliphatic carbocycles. The molecule has 3 aromatic rings. The smallest absolute Gasteiger partial charge is 0.232 e. The third kappa shape index (κ3) is 3.63. The monoisotopic (exact) mass is 486 g/mol. The van der Waals surface area contributed by atoms with Gasteiger partial charge in [-0.05, 0) is 51.0 Å². The predicted octanol–water partition coefficient (Wildman–Crippen LogP) is 4.74. The van der Waals surface area contributed by atoms with E-state index in [4.69, 9.17) is 14.8 Å². The van der Waals surface area contributed by atoms with E-state index in [9.17, 15) is 13.2 Å². The quantitative estimate of drug-likeness (QED) is 0.513. The molecule has 180 valence electrons. The lowest BCUT2D eigenvalue weighted by Gasteiger charge is -2.44. The van der Waals surface area contributed by atoms with Crippen molar-refractivity contribution in [3.05, 3.63) is 36.3 Å².